The maximum Gasteiger partial charge on any atom is 0.287 e. The van der Waals surface area contributed by atoms with Crippen LogP contribution in [0.1, 0.15) is 41.3 Å². The number of benzene rings is 2. The van der Waals surface area contributed by atoms with E-state index in [1.807, 2.05) is 56.3 Å². The van der Waals surface area contributed by atoms with Crippen LogP contribution in [0.2, 0.25) is 5.02 Å². The van der Waals surface area contributed by atoms with Gasteiger partial charge in [-0.05, 0) is 68.3 Å². The van der Waals surface area contributed by atoms with Crippen molar-refractivity contribution in [3.05, 3.63) is 83.0 Å². The van der Waals surface area contributed by atoms with Crippen LogP contribution in [-0.2, 0) is 6.54 Å². The van der Waals surface area contributed by atoms with Gasteiger partial charge in [-0.3, -0.25) is 4.79 Å². The van der Waals surface area contributed by atoms with Crippen LogP contribution in [-0.4, -0.2) is 22.1 Å². The van der Waals surface area contributed by atoms with Crippen molar-refractivity contribution in [3.8, 4) is 5.75 Å². The lowest BCUT2D eigenvalue weighted by Gasteiger charge is -2.16. The van der Waals surface area contributed by atoms with Crippen molar-refractivity contribution in [2.45, 2.75) is 32.9 Å². The molecule has 0 saturated carbocycles. The highest BCUT2D eigenvalue weighted by molar-refractivity contribution is 6.31. The van der Waals surface area contributed by atoms with Crippen LogP contribution in [0.5, 0.6) is 5.75 Å². The Balaban J connectivity index is 1.47. The predicted octanol–water partition coefficient (Wildman–Crippen LogP) is 5.55. The van der Waals surface area contributed by atoms with Crippen molar-refractivity contribution >= 4 is 28.5 Å². The lowest BCUT2D eigenvalue weighted by atomic mass is 10.2. The van der Waals surface area contributed by atoms with E-state index in [1.54, 1.807) is 12.1 Å². The number of fused-ring (bicyclic) bond motifs is 1. The molecule has 160 valence electrons. The highest BCUT2D eigenvalue weighted by atomic mass is 35.5. The largest absolute Gasteiger partial charge is 0.494 e. The molecular formula is C24H24ClN3O3. The molecule has 4 aromatic rings. The smallest absolute Gasteiger partial charge is 0.287 e. The standard InChI is InChI=1S/C24H24ClN3O3/c1-16-15-18(10-11-19(16)25)30-14-6-12-28-21-8-4-3-7-20(21)27-23(28)17(2)26-24(29)22-9-5-13-31-22/h3-5,7-11,13,15,17H,6,12,14H2,1-2H3,(H,26,29)/t17-/m1/s1. The number of halogens is 1. The number of para-hydroxylation sites is 2. The molecular weight excluding hydrogens is 414 g/mol. The fourth-order valence-corrected chi connectivity index (χ4v) is 3.64. The summed E-state index contributed by atoms with van der Waals surface area (Å²) in [6.07, 6.45) is 2.27. The second-order valence-electron chi connectivity index (χ2n) is 7.40. The highest BCUT2D eigenvalue weighted by Gasteiger charge is 2.20. The molecule has 1 atom stereocenters. The van der Waals surface area contributed by atoms with Crippen LogP contribution in [0.3, 0.4) is 0 Å². The van der Waals surface area contributed by atoms with Crippen molar-refractivity contribution in [1.29, 1.82) is 0 Å². The van der Waals surface area contributed by atoms with Gasteiger partial charge in [-0.25, -0.2) is 4.98 Å². The third-order valence-electron chi connectivity index (χ3n) is 5.09. The predicted molar refractivity (Wildman–Crippen MR) is 121 cm³/mol. The summed E-state index contributed by atoms with van der Waals surface area (Å²) < 4.78 is 13.2. The van der Waals surface area contributed by atoms with Crippen LogP contribution in [0.4, 0.5) is 0 Å². The first kappa shape index (κ1) is 21.0. The molecule has 7 heteroatoms. The summed E-state index contributed by atoms with van der Waals surface area (Å²) in [7, 11) is 0. The number of hydrogen-bond acceptors (Lipinski definition) is 4. The summed E-state index contributed by atoms with van der Waals surface area (Å²) >= 11 is 6.08. The SMILES string of the molecule is Cc1cc(OCCCn2c([C@@H](C)NC(=O)c3ccco3)nc3ccccc32)ccc1Cl. The van der Waals surface area contributed by atoms with Crippen molar-refractivity contribution in [3.63, 3.8) is 0 Å². The van der Waals surface area contributed by atoms with E-state index < -0.39 is 0 Å². The topological polar surface area (TPSA) is 69.3 Å². The summed E-state index contributed by atoms with van der Waals surface area (Å²) in [6, 6.07) is 16.7. The number of nitrogens with zero attached hydrogens (tertiary/aromatic N) is 2. The van der Waals surface area contributed by atoms with E-state index >= 15 is 0 Å². The van der Waals surface area contributed by atoms with Crippen LogP contribution < -0.4 is 10.1 Å². The molecule has 0 radical (unpaired) electrons. The summed E-state index contributed by atoms with van der Waals surface area (Å²) in [5.41, 5.74) is 2.91. The zero-order chi connectivity index (χ0) is 21.8. The minimum Gasteiger partial charge on any atom is -0.494 e. The molecule has 0 aliphatic carbocycles. The van der Waals surface area contributed by atoms with E-state index in [0.717, 1.165) is 39.6 Å². The fraction of sp³-hybridized carbons (Fsp3) is 0.250. The minimum absolute atomic E-state index is 0.266. The van der Waals surface area contributed by atoms with E-state index in [1.165, 1.54) is 6.26 Å². The van der Waals surface area contributed by atoms with Gasteiger partial charge in [0.25, 0.3) is 5.91 Å². The first-order chi connectivity index (χ1) is 15.0. The number of ether oxygens (including phenoxy) is 1. The van der Waals surface area contributed by atoms with Gasteiger partial charge >= 0.3 is 0 Å². The second kappa shape index (κ2) is 9.27. The first-order valence-electron chi connectivity index (χ1n) is 10.2. The number of rotatable bonds is 8. The molecule has 31 heavy (non-hydrogen) atoms. The molecule has 2 aromatic heterocycles. The monoisotopic (exact) mass is 437 g/mol. The Labute approximate surface area is 185 Å². The molecule has 1 amide bonds. The number of carbonyl (C=O) groups is 1. The third-order valence-corrected chi connectivity index (χ3v) is 5.51. The average Bonchev–Trinajstić information content (AvgIpc) is 3.42. The Bertz CT molecular complexity index is 1180. The number of furan rings is 1. The van der Waals surface area contributed by atoms with Crippen LogP contribution in [0.25, 0.3) is 11.0 Å². The van der Waals surface area contributed by atoms with E-state index in [4.69, 9.17) is 25.7 Å². The fourth-order valence-electron chi connectivity index (χ4n) is 3.52. The summed E-state index contributed by atoms with van der Waals surface area (Å²) in [4.78, 5) is 17.2. The molecule has 0 saturated heterocycles. The summed E-state index contributed by atoms with van der Waals surface area (Å²) in [6.45, 7) is 5.15. The first-order valence-corrected chi connectivity index (χ1v) is 10.6. The van der Waals surface area contributed by atoms with Crippen molar-refractivity contribution in [2.75, 3.05) is 6.61 Å². The van der Waals surface area contributed by atoms with E-state index in [9.17, 15) is 4.79 Å². The van der Waals surface area contributed by atoms with Crippen molar-refractivity contribution in [1.82, 2.24) is 14.9 Å². The Kier molecular flexibility index (Phi) is 6.28. The number of nitrogens with one attached hydrogen (secondary N) is 1. The van der Waals surface area contributed by atoms with Gasteiger partial charge in [0, 0.05) is 11.6 Å². The number of imidazole rings is 1. The van der Waals surface area contributed by atoms with Gasteiger partial charge in [0.2, 0.25) is 0 Å². The average molecular weight is 438 g/mol. The highest BCUT2D eigenvalue weighted by Crippen LogP contribution is 2.23. The lowest BCUT2D eigenvalue weighted by molar-refractivity contribution is 0.0909. The van der Waals surface area contributed by atoms with Crippen LogP contribution >= 0.6 is 11.6 Å². The van der Waals surface area contributed by atoms with Gasteiger partial charge in [0.15, 0.2) is 5.76 Å². The molecule has 0 bridgehead atoms. The molecule has 4 rings (SSSR count). The van der Waals surface area contributed by atoms with E-state index in [2.05, 4.69) is 9.88 Å². The number of amides is 1. The molecule has 0 unspecified atom stereocenters. The maximum atomic E-state index is 12.4. The Morgan fingerprint density at radius 1 is 1.23 bits per heavy atom. The molecule has 0 aliphatic heterocycles. The molecule has 1 N–H and O–H groups in total. The Hall–Kier alpha value is -3.25. The number of hydrogen-bond donors (Lipinski definition) is 1. The molecule has 6 nitrogen and oxygen atoms in total. The van der Waals surface area contributed by atoms with Crippen LogP contribution in [0, 0.1) is 6.92 Å². The quantitative estimate of drug-likeness (QED) is 0.367. The maximum absolute atomic E-state index is 12.4. The second-order valence-corrected chi connectivity index (χ2v) is 7.80. The summed E-state index contributed by atoms with van der Waals surface area (Å²) in [5.74, 6) is 1.61. The van der Waals surface area contributed by atoms with Crippen molar-refractivity contribution < 1.29 is 13.9 Å². The van der Waals surface area contributed by atoms with Gasteiger partial charge in [-0.2, -0.15) is 0 Å². The number of aryl methyl sites for hydroxylation is 2. The molecule has 0 fully saturated rings. The zero-order valence-electron chi connectivity index (χ0n) is 17.5. The Morgan fingerprint density at radius 3 is 2.84 bits per heavy atom. The molecule has 0 aliphatic rings. The van der Waals surface area contributed by atoms with E-state index in [-0.39, 0.29) is 17.7 Å². The molecule has 2 aromatic carbocycles. The Morgan fingerprint density at radius 2 is 2.06 bits per heavy atom. The molecule has 2 heterocycles. The zero-order valence-corrected chi connectivity index (χ0v) is 18.2. The lowest BCUT2D eigenvalue weighted by Crippen LogP contribution is -2.28. The molecule has 0 spiro atoms. The van der Waals surface area contributed by atoms with Gasteiger partial charge in [-0.1, -0.05) is 23.7 Å². The number of aromatic nitrogens is 2. The normalized spacial score (nSPS) is 12.1. The number of carbonyl (C=O) groups excluding carboxylic acids is 1. The van der Waals surface area contributed by atoms with Gasteiger partial charge < -0.3 is 19.0 Å². The van der Waals surface area contributed by atoms with E-state index in [0.29, 0.717) is 13.2 Å². The van der Waals surface area contributed by atoms with Gasteiger partial charge in [0.05, 0.1) is 29.9 Å². The minimum atomic E-state index is -0.287. The van der Waals surface area contributed by atoms with Gasteiger partial charge in [0.1, 0.15) is 11.6 Å². The van der Waals surface area contributed by atoms with Crippen molar-refractivity contribution in [2.24, 2.45) is 0 Å². The van der Waals surface area contributed by atoms with Crippen LogP contribution in [0.15, 0.2) is 65.3 Å². The summed E-state index contributed by atoms with van der Waals surface area (Å²) in [5, 5.41) is 3.70. The third kappa shape index (κ3) is 4.75. The van der Waals surface area contributed by atoms with Gasteiger partial charge in [-0.15, -0.1) is 0 Å².